The fourth-order valence-electron chi connectivity index (χ4n) is 2.01. The number of alkyl halides is 3. The topological polar surface area (TPSA) is 60.5 Å². The lowest BCUT2D eigenvalue weighted by atomic mass is 10.2. The summed E-state index contributed by atoms with van der Waals surface area (Å²) in [5, 5.41) is 0.0540. The van der Waals surface area contributed by atoms with Gasteiger partial charge >= 0.3 is 6.18 Å². The standard InChI is InChI=1S/C17H12Cl2F4N2O3S/c18-11-4-10(15(26)25-29-9-1-2-9)13(20)5-14(11)28-8-3-12(19)16(24-6-8)27-7-17(21,22)23/h3-6,9H,1-2,7H2,(H,25,26). The molecule has 1 aliphatic carbocycles. The number of nitrogens with one attached hydrogen (secondary N) is 1. The number of ether oxygens (including phenoxy) is 2. The first kappa shape index (κ1) is 21.8. The van der Waals surface area contributed by atoms with Crippen molar-refractivity contribution >= 4 is 41.1 Å². The van der Waals surface area contributed by atoms with Gasteiger partial charge in [0, 0.05) is 17.4 Å². The highest BCUT2D eigenvalue weighted by Gasteiger charge is 2.29. The van der Waals surface area contributed by atoms with Crippen LogP contribution in [-0.4, -0.2) is 28.9 Å². The molecule has 2 aromatic rings. The zero-order valence-electron chi connectivity index (χ0n) is 14.4. The fourth-order valence-corrected chi connectivity index (χ4v) is 3.17. The van der Waals surface area contributed by atoms with Crippen molar-refractivity contribution in [3.05, 3.63) is 45.8 Å². The Morgan fingerprint density at radius 2 is 1.97 bits per heavy atom. The summed E-state index contributed by atoms with van der Waals surface area (Å²) in [5.41, 5.74) is -0.248. The van der Waals surface area contributed by atoms with Crippen molar-refractivity contribution in [1.29, 1.82) is 0 Å². The summed E-state index contributed by atoms with van der Waals surface area (Å²) >= 11 is 13.1. The number of benzene rings is 1. The second kappa shape index (κ2) is 8.85. The number of aromatic nitrogens is 1. The van der Waals surface area contributed by atoms with Crippen LogP contribution in [0.15, 0.2) is 24.4 Å². The van der Waals surface area contributed by atoms with Gasteiger partial charge in [0.05, 0.1) is 16.8 Å². The lowest BCUT2D eigenvalue weighted by Gasteiger charge is -2.12. The van der Waals surface area contributed by atoms with Crippen molar-refractivity contribution < 1.29 is 31.8 Å². The van der Waals surface area contributed by atoms with E-state index in [0.717, 1.165) is 37.2 Å². The summed E-state index contributed by atoms with van der Waals surface area (Å²) in [6, 6.07) is 3.17. The van der Waals surface area contributed by atoms with Crippen LogP contribution in [0.3, 0.4) is 0 Å². The van der Waals surface area contributed by atoms with Gasteiger partial charge in [0.15, 0.2) is 6.61 Å². The Hall–Kier alpha value is -1.91. The van der Waals surface area contributed by atoms with E-state index in [0.29, 0.717) is 5.25 Å². The first-order valence-corrected chi connectivity index (χ1v) is 9.74. The van der Waals surface area contributed by atoms with E-state index in [1.807, 2.05) is 0 Å². The Kier molecular flexibility index (Phi) is 6.65. The van der Waals surface area contributed by atoms with E-state index >= 15 is 0 Å². The van der Waals surface area contributed by atoms with Crippen molar-refractivity contribution in [2.45, 2.75) is 24.3 Å². The van der Waals surface area contributed by atoms with Gasteiger partial charge in [0.25, 0.3) is 5.91 Å². The summed E-state index contributed by atoms with van der Waals surface area (Å²) in [7, 11) is 0. The van der Waals surface area contributed by atoms with Crippen LogP contribution in [0, 0.1) is 5.82 Å². The molecule has 1 N–H and O–H groups in total. The molecule has 1 heterocycles. The fraction of sp³-hybridized carbons (Fsp3) is 0.294. The second-order valence-electron chi connectivity index (χ2n) is 5.97. The van der Waals surface area contributed by atoms with Gasteiger partial charge in [0.1, 0.15) is 22.3 Å². The second-order valence-corrected chi connectivity index (χ2v) is 7.90. The normalized spacial score (nSPS) is 13.9. The van der Waals surface area contributed by atoms with E-state index in [-0.39, 0.29) is 27.1 Å². The molecule has 0 radical (unpaired) electrons. The molecule has 156 valence electrons. The number of rotatable bonds is 7. The SMILES string of the molecule is O=C(NSC1CC1)c1cc(Cl)c(Oc2cnc(OCC(F)(F)F)c(Cl)c2)cc1F. The van der Waals surface area contributed by atoms with Gasteiger partial charge in [-0.25, -0.2) is 9.37 Å². The predicted octanol–water partition coefficient (Wildman–Crippen LogP) is 5.80. The molecular formula is C17H12Cl2F4N2O3S. The van der Waals surface area contributed by atoms with Crippen LogP contribution in [0.1, 0.15) is 23.2 Å². The maximum Gasteiger partial charge on any atom is 0.422 e. The number of halogens is 6. The first-order chi connectivity index (χ1) is 13.6. The summed E-state index contributed by atoms with van der Waals surface area (Å²) in [4.78, 5) is 15.7. The summed E-state index contributed by atoms with van der Waals surface area (Å²) < 4.78 is 63.3. The van der Waals surface area contributed by atoms with Crippen molar-refractivity contribution in [3.8, 4) is 17.4 Å². The van der Waals surface area contributed by atoms with Crippen molar-refractivity contribution in [2.24, 2.45) is 0 Å². The highest BCUT2D eigenvalue weighted by atomic mass is 35.5. The van der Waals surface area contributed by atoms with Crippen LogP contribution < -0.4 is 14.2 Å². The molecule has 1 aliphatic rings. The zero-order valence-corrected chi connectivity index (χ0v) is 16.7. The monoisotopic (exact) mass is 470 g/mol. The Labute approximate surface area is 176 Å². The zero-order chi connectivity index (χ0) is 21.2. The number of amides is 1. The van der Waals surface area contributed by atoms with Gasteiger partial charge in [-0.3, -0.25) is 9.52 Å². The van der Waals surface area contributed by atoms with Gasteiger partial charge in [-0.15, -0.1) is 0 Å². The third-order valence-electron chi connectivity index (χ3n) is 3.49. The minimum absolute atomic E-state index is 0.0165. The Bertz CT molecular complexity index is 926. The lowest BCUT2D eigenvalue weighted by Crippen LogP contribution is -2.19. The van der Waals surface area contributed by atoms with Crippen LogP contribution in [0.4, 0.5) is 17.6 Å². The average molecular weight is 471 g/mol. The molecule has 0 spiro atoms. The Balaban J connectivity index is 1.70. The molecule has 3 rings (SSSR count). The molecule has 12 heteroatoms. The minimum Gasteiger partial charge on any atom is -0.467 e. The molecule has 1 aromatic carbocycles. The molecule has 1 aromatic heterocycles. The van der Waals surface area contributed by atoms with Gasteiger partial charge in [-0.1, -0.05) is 23.2 Å². The third kappa shape index (κ3) is 6.28. The smallest absolute Gasteiger partial charge is 0.422 e. The molecule has 29 heavy (non-hydrogen) atoms. The number of hydrogen-bond acceptors (Lipinski definition) is 5. The highest BCUT2D eigenvalue weighted by molar-refractivity contribution is 7.98. The van der Waals surface area contributed by atoms with Crippen LogP contribution >= 0.6 is 35.1 Å². The largest absolute Gasteiger partial charge is 0.467 e. The third-order valence-corrected chi connectivity index (χ3v) is 5.17. The molecule has 0 atom stereocenters. The summed E-state index contributed by atoms with van der Waals surface area (Å²) in [5.74, 6) is -2.06. The molecule has 1 saturated carbocycles. The number of carbonyl (C=O) groups excluding carboxylic acids is 1. The molecule has 0 saturated heterocycles. The van der Waals surface area contributed by atoms with Gasteiger partial charge in [-0.05, 0) is 30.9 Å². The van der Waals surface area contributed by atoms with Crippen molar-refractivity contribution in [1.82, 2.24) is 9.71 Å². The minimum atomic E-state index is -4.55. The number of carbonyl (C=O) groups is 1. The van der Waals surface area contributed by atoms with Crippen LogP contribution in [0.5, 0.6) is 17.4 Å². The van der Waals surface area contributed by atoms with Crippen molar-refractivity contribution in [3.63, 3.8) is 0 Å². The van der Waals surface area contributed by atoms with Crippen molar-refractivity contribution in [2.75, 3.05) is 6.61 Å². The summed E-state index contributed by atoms with van der Waals surface area (Å²) in [6.07, 6.45) is -1.51. The van der Waals surface area contributed by atoms with Crippen LogP contribution in [0.2, 0.25) is 10.0 Å². The number of hydrogen-bond donors (Lipinski definition) is 1. The van der Waals surface area contributed by atoms with E-state index in [4.69, 9.17) is 27.9 Å². The van der Waals surface area contributed by atoms with E-state index < -0.39 is 30.4 Å². The first-order valence-electron chi connectivity index (χ1n) is 8.10. The number of nitrogens with zero attached hydrogens (tertiary/aromatic N) is 1. The Morgan fingerprint density at radius 1 is 1.24 bits per heavy atom. The molecule has 1 fully saturated rings. The van der Waals surface area contributed by atoms with E-state index in [2.05, 4.69) is 14.4 Å². The molecule has 0 unspecified atom stereocenters. The molecule has 5 nitrogen and oxygen atoms in total. The molecule has 1 amide bonds. The maximum absolute atomic E-state index is 14.3. The van der Waals surface area contributed by atoms with Gasteiger partial charge < -0.3 is 9.47 Å². The molecule has 0 aliphatic heterocycles. The van der Waals surface area contributed by atoms with Gasteiger partial charge in [-0.2, -0.15) is 13.2 Å². The summed E-state index contributed by atoms with van der Waals surface area (Å²) in [6.45, 7) is -1.56. The van der Waals surface area contributed by atoms with Crippen LogP contribution in [0.25, 0.3) is 0 Å². The molecular weight excluding hydrogens is 459 g/mol. The van der Waals surface area contributed by atoms with E-state index in [1.165, 1.54) is 11.9 Å². The van der Waals surface area contributed by atoms with E-state index in [9.17, 15) is 22.4 Å². The average Bonchev–Trinajstić information content (AvgIpc) is 3.45. The Morgan fingerprint density at radius 3 is 2.59 bits per heavy atom. The predicted molar refractivity (Wildman–Crippen MR) is 100 cm³/mol. The quantitative estimate of drug-likeness (QED) is 0.409. The lowest BCUT2D eigenvalue weighted by molar-refractivity contribution is -0.154. The maximum atomic E-state index is 14.3. The number of pyridine rings is 1. The van der Waals surface area contributed by atoms with Crippen LogP contribution in [-0.2, 0) is 0 Å². The highest BCUT2D eigenvalue weighted by Crippen LogP contribution is 2.35. The van der Waals surface area contributed by atoms with Gasteiger partial charge in [0.2, 0.25) is 5.88 Å². The van der Waals surface area contributed by atoms with E-state index in [1.54, 1.807) is 0 Å². The molecule has 0 bridgehead atoms.